The van der Waals surface area contributed by atoms with Crippen molar-refractivity contribution in [2.24, 2.45) is 0 Å². The molecule has 0 aliphatic heterocycles. The third-order valence-corrected chi connectivity index (χ3v) is 4.50. The molecule has 0 bridgehead atoms. The smallest absolute Gasteiger partial charge is 0.410 e. The van der Waals surface area contributed by atoms with Gasteiger partial charge in [0.2, 0.25) is 0 Å². The van der Waals surface area contributed by atoms with Crippen molar-refractivity contribution in [1.29, 1.82) is 0 Å². The average Bonchev–Trinajstić information content (AvgIpc) is 2.57. The van der Waals surface area contributed by atoms with Crippen LogP contribution in [0, 0.1) is 0 Å². The second-order valence-corrected chi connectivity index (χ2v) is 8.52. The molecule has 0 saturated heterocycles. The Morgan fingerprint density at radius 3 is 2.12 bits per heavy atom. The van der Waals surface area contributed by atoms with Crippen LogP contribution in [0.2, 0.25) is 0 Å². The second-order valence-electron chi connectivity index (χ2n) is 6.98. The van der Waals surface area contributed by atoms with E-state index in [4.69, 9.17) is 27.9 Å². The van der Waals surface area contributed by atoms with Crippen molar-refractivity contribution in [1.82, 2.24) is 4.90 Å². The molecule has 0 spiro atoms. The number of rotatable bonds is 10. The summed E-state index contributed by atoms with van der Waals surface area (Å²) in [5.41, 5.74) is 1.64. The highest BCUT2D eigenvalue weighted by Crippen LogP contribution is 2.18. The zero-order valence-corrected chi connectivity index (χ0v) is 18.9. The van der Waals surface area contributed by atoms with E-state index >= 15 is 0 Å². The summed E-state index contributed by atoms with van der Waals surface area (Å²) in [5.74, 6) is 1.11. The van der Waals surface area contributed by atoms with Crippen LogP contribution in [0.15, 0.2) is 24.3 Å². The van der Waals surface area contributed by atoms with Crippen LogP contribution in [0.25, 0.3) is 0 Å². The van der Waals surface area contributed by atoms with Gasteiger partial charge >= 0.3 is 6.09 Å². The first-order valence-electron chi connectivity index (χ1n) is 8.80. The maximum absolute atomic E-state index is 12.5. The van der Waals surface area contributed by atoms with Crippen LogP contribution in [-0.4, -0.2) is 53.3 Å². The van der Waals surface area contributed by atoms with Crippen LogP contribution in [0.1, 0.15) is 32.8 Å². The first-order chi connectivity index (χ1) is 12.3. The molecule has 0 saturated carbocycles. The Morgan fingerprint density at radius 1 is 1.08 bits per heavy atom. The first-order valence-corrected chi connectivity index (χ1v) is 11.0. The van der Waals surface area contributed by atoms with Crippen LogP contribution in [0.5, 0.6) is 0 Å². The van der Waals surface area contributed by atoms with E-state index < -0.39 is 5.60 Å². The minimum Gasteiger partial charge on any atom is -0.444 e. The molecule has 0 fully saturated rings. The summed E-state index contributed by atoms with van der Waals surface area (Å²) in [4.78, 5) is 16.4. The first kappa shape index (κ1) is 23.4. The maximum Gasteiger partial charge on any atom is 0.410 e. The molecule has 1 amide bonds. The van der Waals surface area contributed by atoms with Gasteiger partial charge in [0.05, 0.1) is 0 Å². The number of carbonyl (C=O) groups is 1. The molecule has 4 nitrogen and oxygen atoms in total. The predicted molar refractivity (Wildman–Crippen MR) is 115 cm³/mol. The summed E-state index contributed by atoms with van der Waals surface area (Å²) in [6.07, 6.45) is 0.588. The van der Waals surface area contributed by atoms with Gasteiger partial charge in [-0.2, -0.15) is 0 Å². The molecular formula is C19H29BrCl2N2O2. The Kier molecular flexibility index (Phi) is 10.7. The van der Waals surface area contributed by atoms with Crippen molar-refractivity contribution < 1.29 is 9.53 Å². The van der Waals surface area contributed by atoms with E-state index in [1.54, 1.807) is 4.90 Å². The third-order valence-electron chi connectivity index (χ3n) is 3.60. The molecular weight excluding hydrogens is 439 g/mol. The lowest BCUT2D eigenvalue weighted by Gasteiger charge is -2.28. The van der Waals surface area contributed by atoms with Crippen LogP contribution in [0.3, 0.4) is 0 Å². The molecule has 1 aromatic carbocycles. The Bertz CT molecular complexity index is 529. The fraction of sp³-hybridized carbons (Fsp3) is 0.632. The second kappa shape index (κ2) is 11.9. The number of nitrogens with zero attached hydrogens (tertiary/aromatic N) is 2. The number of halogens is 3. The number of benzene rings is 1. The topological polar surface area (TPSA) is 32.8 Å². The average molecular weight is 468 g/mol. The third kappa shape index (κ3) is 8.83. The Balaban J connectivity index is 2.82. The lowest BCUT2D eigenvalue weighted by molar-refractivity contribution is 0.0234. The molecule has 0 heterocycles. The summed E-state index contributed by atoms with van der Waals surface area (Å²) in [6, 6.07) is 8.17. The molecule has 0 unspecified atom stereocenters. The minimum absolute atomic E-state index is 0.284. The van der Waals surface area contributed by atoms with Crippen molar-refractivity contribution in [2.45, 2.75) is 39.3 Å². The largest absolute Gasteiger partial charge is 0.444 e. The fourth-order valence-electron chi connectivity index (χ4n) is 2.42. The van der Waals surface area contributed by atoms with Crippen LogP contribution >= 0.6 is 39.1 Å². The number of hydrogen-bond donors (Lipinski definition) is 0. The normalized spacial score (nSPS) is 11.3. The molecule has 7 heteroatoms. The van der Waals surface area contributed by atoms with Crippen molar-refractivity contribution in [3.8, 4) is 0 Å². The van der Waals surface area contributed by atoms with Gasteiger partial charge in [-0.3, -0.25) is 0 Å². The molecule has 0 aliphatic rings. The van der Waals surface area contributed by atoms with Crippen molar-refractivity contribution in [3.05, 3.63) is 29.8 Å². The summed E-state index contributed by atoms with van der Waals surface area (Å²) in [5, 5.41) is 0.844. The Hall–Kier alpha value is -0.650. The van der Waals surface area contributed by atoms with E-state index in [1.807, 2.05) is 45.0 Å². The fourth-order valence-corrected chi connectivity index (χ4v) is 3.08. The SMILES string of the molecule is CC(C)(C)OC(=O)N(CCCBr)Cc1ccc(N(CCCl)CCCl)cc1. The van der Waals surface area contributed by atoms with E-state index in [9.17, 15) is 4.79 Å². The molecule has 0 atom stereocenters. The van der Waals surface area contributed by atoms with Gasteiger partial charge in [0.1, 0.15) is 5.60 Å². The predicted octanol–water partition coefficient (Wildman–Crippen LogP) is 5.49. The monoisotopic (exact) mass is 466 g/mol. The standard InChI is InChI=1S/C19H29BrCl2N2O2/c1-19(2,3)26-18(25)24(12-4-9-20)15-16-5-7-17(8-6-16)23(13-10-21)14-11-22/h5-8H,4,9-15H2,1-3H3. The summed E-state index contributed by atoms with van der Waals surface area (Å²) < 4.78 is 5.53. The van der Waals surface area contributed by atoms with Gasteiger partial charge < -0.3 is 14.5 Å². The number of hydrogen-bond acceptors (Lipinski definition) is 3. The van der Waals surface area contributed by atoms with Crippen molar-refractivity contribution in [3.63, 3.8) is 0 Å². The van der Waals surface area contributed by atoms with Gasteiger partial charge in [0.25, 0.3) is 0 Å². The van der Waals surface area contributed by atoms with Gasteiger partial charge in [-0.25, -0.2) is 4.79 Å². The van der Waals surface area contributed by atoms with Gasteiger partial charge in [0, 0.05) is 49.0 Å². The van der Waals surface area contributed by atoms with Crippen molar-refractivity contribution in [2.75, 3.05) is 41.6 Å². The van der Waals surface area contributed by atoms with E-state index in [0.717, 1.165) is 36.1 Å². The lowest BCUT2D eigenvalue weighted by atomic mass is 10.1. The molecule has 1 rings (SSSR count). The van der Waals surface area contributed by atoms with E-state index in [2.05, 4.69) is 20.8 Å². The van der Waals surface area contributed by atoms with Gasteiger partial charge in [-0.1, -0.05) is 28.1 Å². The highest BCUT2D eigenvalue weighted by Gasteiger charge is 2.22. The lowest BCUT2D eigenvalue weighted by Crippen LogP contribution is -2.37. The minimum atomic E-state index is -0.503. The zero-order valence-electron chi connectivity index (χ0n) is 15.8. The molecule has 26 heavy (non-hydrogen) atoms. The summed E-state index contributed by atoms with van der Waals surface area (Å²) in [7, 11) is 0. The highest BCUT2D eigenvalue weighted by atomic mass is 79.9. The number of ether oxygens (including phenoxy) is 1. The quantitative estimate of drug-likeness (QED) is 0.426. The molecule has 0 N–H and O–H groups in total. The highest BCUT2D eigenvalue weighted by molar-refractivity contribution is 9.09. The van der Waals surface area contributed by atoms with E-state index in [-0.39, 0.29) is 6.09 Å². The molecule has 0 radical (unpaired) electrons. The van der Waals surface area contributed by atoms with Crippen LogP contribution in [-0.2, 0) is 11.3 Å². The number of amides is 1. The molecule has 0 aliphatic carbocycles. The number of anilines is 1. The van der Waals surface area contributed by atoms with Gasteiger partial charge in [-0.15, -0.1) is 23.2 Å². The van der Waals surface area contributed by atoms with Gasteiger partial charge in [0.15, 0.2) is 0 Å². The van der Waals surface area contributed by atoms with Gasteiger partial charge in [-0.05, 0) is 44.9 Å². The summed E-state index contributed by atoms with van der Waals surface area (Å²) >= 11 is 15.2. The Labute approximate surface area is 175 Å². The molecule has 148 valence electrons. The van der Waals surface area contributed by atoms with Crippen LogP contribution in [0.4, 0.5) is 10.5 Å². The summed E-state index contributed by atoms with van der Waals surface area (Å²) in [6.45, 7) is 8.31. The van der Waals surface area contributed by atoms with E-state index in [0.29, 0.717) is 24.8 Å². The maximum atomic E-state index is 12.5. The van der Waals surface area contributed by atoms with Crippen LogP contribution < -0.4 is 4.90 Å². The van der Waals surface area contributed by atoms with Crippen molar-refractivity contribution >= 4 is 50.9 Å². The molecule has 0 aromatic heterocycles. The zero-order chi connectivity index (χ0) is 19.6. The number of carbonyl (C=O) groups excluding carboxylic acids is 1. The number of alkyl halides is 3. The van der Waals surface area contributed by atoms with E-state index in [1.165, 1.54) is 0 Å². The Morgan fingerprint density at radius 2 is 1.65 bits per heavy atom. The molecule has 1 aromatic rings.